The molecule has 3 unspecified atom stereocenters. The number of nitrogens with zero attached hydrogens (tertiary/aromatic N) is 1. The van der Waals surface area contributed by atoms with Gasteiger partial charge in [0.2, 0.25) is 0 Å². The van der Waals surface area contributed by atoms with Crippen molar-refractivity contribution in [2.24, 2.45) is 17.8 Å². The van der Waals surface area contributed by atoms with Crippen molar-refractivity contribution in [3.05, 3.63) is 0 Å². The van der Waals surface area contributed by atoms with E-state index in [9.17, 15) is 9.59 Å². The Kier molecular flexibility index (Phi) is 6.70. The van der Waals surface area contributed by atoms with E-state index in [1.54, 1.807) is 6.92 Å². The molecule has 3 fully saturated rings. The molecular weight excluding hydrogens is 320 g/mol. The van der Waals surface area contributed by atoms with Crippen LogP contribution in [0.4, 0.5) is 0 Å². The zero-order valence-corrected chi connectivity index (χ0v) is 15.4. The fraction of sp³-hybridized carbons (Fsp3) is 0.895. The number of nitrogens with one attached hydrogen (secondary N) is 1. The molecule has 25 heavy (non-hydrogen) atoms. The summed E-state index contributed by atoms with van der Waals surface area (Å²) in [6, 6.07) is 0. The molecule has 3 rings (SSSR count). The molecule has 0 spiro atoms. The van der Waals surface area contributed by atoms with Crippen LogP contribution in [0.2, 0.25) is 0 Å². The first-order valence-corrected chi connectivity index (χ1v) is 9.93. The normalized spacial score (nSPS) is 29.0. The highest BCUT2D eigenvalue weighted by atomic mass is 16.5. The zero-order chi connectivity index (χ0) is 17.6. The maximum Gasteiger partial charge on any atom is 0.310 e. The number of carbonyl (C=O) groups excluding carboxylic acids is 2. The molecule has 1 saturated heterocycles. The predicted molar refractivity (Wildman–Crippen MR) is 94.0 cm³/mol. The molecule has 0 aromatic heterocycles. The van der Waals surface area contributed by atoms with E-state index in [0.717, 1.165) is 39.3 Å². The van der Waals surface area contributed by atoms with Gasteiger partial charge in [-0.3, -0.25) is 14.5 Å². The van der Waals surface area contributed by atoms with Gasteiger partial charge in [0.05, 0.1) is 19.1 Å². The smallest absolute Gasteiger partial charge is 0.310 e. The number of rotatable bonds is 7. The van der Waals surface area contributed by atoms with E-state index in [-0.39, 0.29) is 17.8 Å². The van der Waals surface area contributed by atoms with Crippen LogP contribution < -0.4 is 5.32 Å². The molecule has 1 amide bonds. The summed E-state index contributed by atoms with van der Waals surface area (Å²) in [6.45, 7) is 6.38. The topological polar surface area (TPSA) is 67.9 Å². The SMILES string of the molecule is CC(OC(=O)C1CC1C1CCCCC1)C(=O)NCCN1CCOCC1. The number of hydrogen-bond donors (Lipinski definition) is 1. The standard InChI is InChI=1S/C19H32N2O4/c1-14(18(22)20-7-8-21-9-11-24-12-10-21)25-19(23)17-13-16(17)15-5-3-2-4-6-15/h14-17H,2-13H2,1H3,(H,20,22). The maximum absolute atomic E-state index is 12.3. The second kappa shape index (κ2) is 8.99. The van der Waals surface area contributed by atoms with Gasteiger partial charge in [0.15, 0.2) is 6.10 Å². The van der Waals surface area contributed by atoms with Crippen molar-refractivity contribution >= 4 is 11.9 Å². The Morgan fingerprint density at radius 3 is 2.64 bits per heavy atom. The van der Waals surface area contributed by atoms with Gasteiger partial charge in [-0.05, 0) is 25.2 Å². The van der Waals surface area contributed by atoms with Crippen molar-refractivity contribution in [3.63, 3.8) is 0 Å². The molecule has 0 aromatic rings. The van der Waals surface area contributed by atoms with Crippen molar-refractivity contribution < 1.29 is 19.1 Å². The Morgan fingerprint density at radius 2 is 1.92 bits per heavy atom. The van der Waals surface area contributed by atoms with Crippen molar-refractivity contribution in [1.82, 2.24) is 10.2 Å². The largest absolute Gasteiger partial charge is 0.452 e. The Hall–Kier alpha value is -1.14. The lowest BCUT2D eigenvalue weighted by atomic mass is 9.85. The van der Waals surface area contributed by atoms with Crippen molar-refractivity contribution in [2.75, 3.05) is 39.4 Å². The van der Waals surface area contributed by atoms with E-state index < -0.39 is 6.10 Å². The molecule has 6 heteroatoms. The molecular formula is C19H32N2O4. The van der Waals surface area contributed by atoms with E-state index in [0.29, 0.717) is 18.4 Å². The molecule has 1 N–H and O–H groups in total. The molecule has 6 nitrogen and oxygen atoms in total. The molecule has 2 saturated carbocycles. The van der Waals surface area contributed by atoms with Gasteiger partial charge in [0, 0.05) is 26.2 Å². The fourth-order valence-corrected chi connectivity index (χ4v) is 4.19. The maximum atomic E-state index is 12.3. The minimum absolute atomic E-state index is 0.0340. The van der Waals surface area contributed by atoms with Crippen LogP contribution in [0.5, 0.6) is 0 Å². The van der Waals surface area contributed by atoms with Gasteiger partial charge in [-0.1, -0.05) is 32.1 Å². The van der Waals surface area contributed by atoms with Gasteiger partial charge in [-0.2, -0.15) is 0 Å². The number of carbonyl (C=O) groups is 2. The predicted octanol–water partition coefficient (Wildman–Crippen LogP) is 1.58. The van der Waals surface area contributed by atoms with E-state index in [1.807, 2.05) is 0 Å². The van der Waals surface area contributed by atoms with Crippen LogP contribution in [0.15, 0.2) is 0 Å². The first-order valence-electron chi connectivity index (χ1n) is 9.93. The second-order valence-corrected chi connectivity index (χ2v) is 7.73. The highest BCUT2D eigenvalue weighted by Gasteiger charge is 2.49. The lowest BCUT2D eigenvalue weighted by Gasteiger charge is -2.26. The van der Waals surface area contributed by atoms with E-state index in [1.165, 1.54) is 32.1 Å². The van der Waals surface area contributed by atoms with E-state index in [4.69, 9.17) is 9.47 Å². The van der Waals surface area contributed by atoms with Crippen LogP contribution in [0.1, 0.15) is 45.4 Å². The third-order valence-corrected chi connectivity index (χ3v) is 5.89. The second-order valence-electron chi connectivity index (χ2n) is 7.73. The van der Waals surface area contributed by atoms with Crippen LogP contribution in [-0.4, -0.2) is 62.3 Å². The lowest BCUT2D eigenvalue weighted by Crippen LogP contribution is -2.43. The highest BCUT2D eigenvalue weighted by Crippen LogP contribution is 2.49. The lowest BCUT2D eigenvalue weighted by molar-refractivity contribution is -0.156. The molecule has 0 bridgehead atoms. The third kappa shape index (κ3) is 5.42. The first-order chi connectivity index (χ1) is 12.1. The van der Waals surface area contributed by atoms with E-state index >= 15 is 0 Å². The van der Waals surface area contributed by atoms with Crippen LogP contribution >= 0.6 is 0 Å². The van der Waals surface area contributed by atoms with Gasteiger partial charge in [0.1, 0.15) is 0 Å². The zero-order valence-electron chi connectivity index (χ0n) is 15.4. The highest BCUT2D eigenvalue weighted by molar-refractivity contribution is 5.84. The average molecular weight is 352 g/mol. The molecule has 142 valence electrons. The van der Waals surface area contributed by atoms with Crippen molar-refractivity contribution in [1.29, 1.82) is 0 Å². The summed E-state index contributed by atoms with van der Waals surface area (Å²) in [5.41, 5.74) is 0. The fourth-order valence-electron chi connectivity index (χ4n) is 4.19. The molecule has 0 radical (unpaired) electrons. The molecule has 2 aliphatic carbocycles. The Bertz CT molecular complexity index is 458. The quantitative estimate of drug-likeness (QED) is 0.705. The third-order valence-electron chi connectivity index (χ3n) is 5.89. The Morgan fingerprint density at radius 1 is 1.20 bits per heavy atom. The van der Waals surface area contributed by atoms with Crippen LogP contribution in [0.25, 0.3) is 0 Å². The summed E-state index contributed by atoms with van der Waals surface area (Å²) < 4.78 is 10.7. The molecule has 1 heterocycles. The summed E-state index contributed by atoms with van der Waals surface area (Å²) in [4.78, 5) is 26.6. The number of morpholine rings is 1. The van der Waals surface area contributed by atoms with Gasteiger partial charge < -0.3 is 14.8 Å². The Labute approximate surface area is 150 Å². The minimum Gasteiger partial charge on any atom is -0.452 e. The van der Waals surface area contributed by atoms with Gasteiger partial charge in [-0.15, -0.1) is 0 Å². The van der Waals surface area contributed by atoms with Crippen molar-refractivity contribution in [2.45, 2.75) is 51.6 Å². The average Bonchev–Trinajstić information content (AvgIpc) is 3.44. The monoisotopic (exact) mass is 352 g/mol. The summed E-state index contributed by atoms with van der Waals surface area (Å²) in [5, 5.41) is 2.87. The summed E-state index contributed by atoms with van der Waals surface area (Å²) in [6.07, 6.45) is 6.69. The molecule has 3 atom stereocenters. The number of esters is 1. The number of hydrogen-bond acceptors (Lipinski definition) is 5. The van der Waals surface area contributed by atoms with Gasteiger partial charge in [-0.25, -0.2) is 0 Å². The van der Waals surface area contributed by atoms with Crippen LogP contribution in [-0.2, 0) is 19.1 Å². The number of ether oxygens (including phenoxy) is 2. The van der Waals surface area contributed by atoms with Gasteiger partial charge >= 0.3 is 5.97 Å². The van der Waals surface area contributed by atoms with Crippen LogP contribution in [0, 0.1) is 17.8 Å². The molecule has 1 aliphatic heterocycles. The van der Waals surface area contributed by atoms with Crippen molar-refractivity contribution in [3.8, 4) is 0 Å². The Balaban J connectivity index is 1.31. The summed E-state index contributed by atoms with van der Waals surface area (Å²) >= 11 is 0. The summed E-state index contributed by atoms with van der Waals surface area (Å²) in [7, 11) is 0. The van der Waals surface area contributed by atoms with Crippen LogP contribution in [0.3, 0.4) is 0 Å². The van der Waals surface area contributed by atoms with E-state index in [2.05, 4.69) is 10.2 Å². The van der Waals surface area contributed by atoms with Gasteiger partial charge in [0.25, 0.3) is 5.91 Å². The number of amides is 1. The summed E-state index contributed by atoms with van der Waals surface area (Å²) in [5.74, 6) is 0.864. The molecule has 3 aliphatic rings. The first kappa shape index (κ1) is 18.6. The molecule has 0 aromatic carbocycles. The minimum atomic E-state index is -0.704.